The molecule has 0 aliphatic heterocycles. The van der Waals surface area contributed by atoms with Crippen molar-refractivity contribution >= 4 is 23.2 Å². The number of ether oxygens (including phenoxy) is 2. The predicted molar refractivity (Wildman–Crippen MR) is 78.3 cm³/mol. The third-order valence-electron chi connectivity index (χ3n) is 2.78. The molecule has 0 fully saturated rings. The zero-order chi connectivity index (χ0) is 14.5. The van der Waals surface area contributed by atoms with E-state index in [0.29, 0.717) is 28.0 Å². The molecule has 0 amide bonds. The molecule has 0 heterocycles. The van der Waals surface area contributed by atoms with E-state index in [-0.39, 0.29) is 12.4 Å². The number of alkyl halides is 1. The molecule has 0 saturated heterocycles. The molecule has 0 aromatic heterocycles. The topological polar surface area (TPSA) is 18.5 Å². The lowest BCUT2D eigenvalue weighted by molar-refractivity contribution is 0.284. The third-order valence-corrected chi connectivity index (χ3v) is 3.44. The normalized spacial score (nSPS) is 10.4. The first-order valence-corrected chi connectivity index (χ1v) is 6.85. The first-order valence-electron chi connectivity index (χ1n) is 5.93. The Hall–Kier alpha value is -1.45. The second-order valence-corrected chi connectivity index (χ2v) is 4.82. The van der Waals surface area contributed by atoms with Gasteiger partial charge in [-0.1, -0.05) is 23.7 Å². The van der Waals surface area contributed by atoms with E-state index in [1.165, 1.54) is 12.1 Å². The van der Waals surface area contributed by atoms with Gasteiger partial charge in [0.05, 0.1) is 12.1 Å². The molecule has 5 heteroatoms. The maximum absolute atomic E-state index is 13.0. The van der Waals surface area contributed by atoms with Gasteiger partial charge in [-0.25, -0.2) is 4.39 Å². The monoisotopic (exact) mass is 314 g/mol. The Kier molecular flexibility index (Phi) is 5.10. The van der Waals surface area contributed by atoms with Crippen LogP contribution in [0.5, 0.6) is 11.5 Å². The van der Waals surface area contributed by atoms with Gasteiger partial charge in [0, 0.05) is 11.4 Å². The summed E-state index contributed by atoms with van der Waals surface area (Å²) in [6, 6.07) is 9.66. The molecular formula is C15H13Cl2FO2. The molecule has 0 aliphatic carbocycles. The summed E-state index contributed by atoms with van der Waals surface area (Å²) in [7, 11) is 1.56. The molecule has 2 rings (SSSR count). The Morgan fingerprint density at radius 3 is 2.55 bits per heavy atom. The summed E-state index contributed by atoms with van der Waals surface area (Å²) in [6.45, 7) is 0.223. The van der Waals surface area contributed by atoms with Crippen molar-refractivity contribution in [2.75, 3.05) is 7.11 Å². The Bertz CT molecular complexity index is 602. The zero-order valence-electron chi connectivity index (χ0n) is 10.8. The molecule has 2 aromatic carbocycles. The summed E-state index contributed by atoms with van der Waals surface area (Å²) in [5, 5.41) is 0.331. The van der Waals surface area contributed by atoms with Gasteiger partial charge in [-0.05, 0) is 29.8 Å². The Balaban J connectivity index is 2.17. The first kappa shape index (κ1) is 14.9. The van der Waals surface area contributed by atoms with Crippen LogP contribution in [0.25, 0.3) is 0 Å². The van der Waals surface area contributed by atoms with Crippen LogP contribution in [0.15, 0.2) is 36.4 Å². The second-order valence-electron chi connectivity index (χ2n) is 4.14. The third kappa shape index (κ3) is 3.56. The summed E-state index contributed by atoms with van der Waals surface area (Å²) in [5.74, 6) is 1.20. The van der Waals surface area contributed by atoms with Crippen LogP contribution in [0.4, 0.5) is 4.39 Å². The van der Waals surface area contributed by atoms with Gasteiger partial charge in [-0.3, -0.25) is 0 Å². The number of methoxy groups -OCH3 is 1. The minimum absolute atomic E-state index is 0.223. The van der Waals surface area contributed by atoms with Crippen molar-refractivity contribution in [2.45, 2.75) is 12.5 Å². The Labute approximate surface area is 127 Å². The quantitative estimate of drug-likeness (QED) is 0.738. The van der Waals surface area contributed by atoms with E-state index in [9.17, 15) is 4.39 Å². The molecule has 0 spiro atoms. The van der Waals surface area contributed by atoms with Crippen molar-refractivity contribution in [3.63, 3.8) is 0 Å². The van der Waals surface area contributed by atoms with Crippen LogP contribution in [0.2, 0.25) is 5.02 Å². The van der Waals surface area contributed by atoms with Gasteiger partial charge in [0.15, 0.2) is 11.5 Å². The molecule has 0 N–H and O–H groups in total. The maximum atomic E-state index is 13.0. The maximum Gasteiger partial charge on any atom is 0.161 e. The number of rotatable bonds is 5. The molecule has 0 bridgehead atoms. The summed E-state index contributed by atoms with van der Waals surface area (Å²) in [4.78, 5) is 0. The summed E-state index contributed by atoms with van der Waals surface area (Å²) in [5.41, 5.74) is 1.62. The van der Waals surface area contributed by atoms with Crippen molar-refractivity contribution < 1.29 is 13.9 Å². The van der Waals surface area contributed by atoms with Crippen molar-refractivity contribution in [3.8, 4) is 11.5 Å². The lowest BCUT2D eigenvalue weighted by Gasteiger charge is -2.12. The van der Waals surface area contributed by atoms with Crippen LogP contribution in [0, 0.1) is 5.82 Å². The average molecular weight is 315 g/mol. The fourth-order valence-electron chi connectivity index (χ4n) is 1.71. The number of hydrogen-bond donors (Lipinski definition) is 0. The highest BCUT2D eigenvalue weighted by molar-refractivity contribution is 6.31. The molecular weight excluding hydrogens is 302 g/mol. The first-order chi connectivity index (χ1) is 9.63. The standard InChI is InChI=1S/C15H13Cl2FO2/c1-19-14-5-2-10(8-16)6-15(14)20-9-11-3-4-12(18)7-13(11)17/h2-7H,8-9H2,1H3. The molecule has 20 heavy (non-hydrogen) atoms. The molecule has 0 aliphatic rings. The van der Waals surface area contributed by atoms with E-state index < -0.39 is 0 Å². The Morgan fingerprint density at radius 1 is 1.10 bits per heavy atom. The van der Waals surface area contributed by atoms with E-state index >= 15 is 0 Å². The van der Waals surface area contributed by atoms with E-state index in [1.807, 2.05) is 12.1 Å². The van der Waals surface area contributed by atoms with Crippen molar-refractivity contribution in [3.05, 3.63) is 58.4 Å². The number of hydrogen-bond acceptors (Lipinski definition) is 2. The number of halogens is 3. The lowest BCUT2D eigenvalue weighted by Crippen LogP contribution is -1.99. The molecule has 2 aromatic rings. The van der Waals surface area contributed by atoms with Gasteiger partial charge in [0.2, 0.25) is 0 Å². The van der Waals surface area contributed by atoms with Crippen molar-refractivity contribution in [2.24, 2.45) is 0 Å². The fraction of sp³-hybridized carbons (Fsp3) is 0.200. The van der Waals surface area contributed by atoms with E-state index in [0.717, 1.165) is 5.56 Å². The van der Waals surface area contributed by atoms with Gasteiger partial charge in [-0.2, -0.15) is 0 Å². The summed E-state index contributed by atoms with van der Waals surface area (Å²) < 4.78 is 23.9. The number of benzene rings is 2. The van der Waals surface area contributed by atoms with Crippen LogP contribution < -0.4 is 9.47 Å². The highest BCUT2D eigenvalue weighted by Gasteiger charge is 2.08. The summed E-state index contributed by atoms with van der Waals surface area (Å²) >= 11 is 11.8. The van der Waals surface area contributed by atoms with Crippen LogP contribution in [-0.2, 0) is 12.5 Å². The van der Waals surface area contributed by atoms with Crippen molar-refractivity contribution in [1.82, 2.24) is 0 Å². The van der Waals surface area contributed by atoms with Gasteiger partial charge in [-0.15, -0.1) is 11.6 Å². The largest absolute Gasteiger partial charge is 0.493 e. The minimum Gasteiger partial charge on any atom is -0.493 e. The molecule has 106 valence electrons. The molecule has 0 radical (unpaired) electrons. The van der Waals surface area contributed by atoms with Crippen LogP contribution in [-0.4, -0.2) is 7.11 Å². The van der Waals surface area contributed by atoms with Gasteiger partial charge in [0.25, 0.3) is 0 Å². The SMILES string of the molecule is COc1ccc(CCl)cc1OCc1ccc(F)cc1Cl. The lowest BCUT2D eigenvalue weighted by atomic mass is 10.2. The van der Waals surface area contributed by atoms with Gasteiger partial charge < -0.3 is 9.47 Å². The summed E-state index contributed by atoms with van der Waals surface area (Å²) in [6.07, 6.45) is 0. The average Bonchev–Trinajstić information content (AvgIpc) is 2.46. The van der Waals surface area contributed by atoms with Gasteiger partial charge >= 0.3 is 0 Å². The molecule has 0 unspecified atom stereocenters. The highest BCUT2D eigenvalue weighted by atomic mass is 35.5. The fourth-order valence-corrected chi connectivity index (χ4v) is 2.10. The van der Waals surface area contributed by atoms with E-state index in [1.54, 1.807) is 19.2 Å². The van der Waals surface area contributed by atoms with Gasteiger partial charge in [0.1, 0.15) is 12.4 Å². The smallest absolute Gasteiger partial charge is 0.161 e. The zero-order valence-corrected chi connectivity index (χ0v) is 12.3. The van der Waals surface area contributed by atoms with E-state index in [2.05, 4.69) is 0 Å². The highest BCUT2D eigenvalue weighted by Crippen LogP contribution is 2.30. The molecule has 2 nitrogen and oxygen atoms in total. The van der Waals surface area contributed by atoms with E-state index in [4.69, 9.17) is 32.7 Å². The molecule has 0 atom stereocenters. The Morgan fingerprint density at radius 2 is 1.90 bits per heavy atom. The van der Waals surface area contributed by atoms with Crippen LogP contribution >= 0.6 is 23.2 Å². The molecule has 0 saturated carbocycles. The minimum atomic E-state index is -0.375. The second kappa shape index (κ2) is 6.82. The van der Waals surface area contributed by atoms with Crippen LogP contribution in [0.1, 0.15) is 11.1 Å². The van der Waals surface area contributed by atoms with Crippen molar-refractivity contribution in [1.29, 1.82) is 0 Å². The van der Waals surface area contributed by atoms with Crippen LogP contribution in [0.3, 0.4) is 0 Å². The predicted octanol–water partition coefficient (Wildman–Crippen LogP) is 4.81.